The molecule has 1 aliphatic rings. The number of aromatic nitrogens is 2. The lowest BCUT2D eigenvalue weighted by Gasteiger charge is -2.28. The van der Waals surface area contributed by atoms with E-state index < -0.39 is 12.0 Å². The molecule has 2 heterocycles. The summed E-state index contributed by atoms with van der Waals surface area (Å²) in [6.45, 7) is 1.71. The van der Waals surface area contributed by atoms with E-state index in [9.17, 15) is 23.1 Å². The Balaban J connectivity index is 1.34. The first kappa shape index (κ1) is 25.2. The summed E-state index contributed by atoms with van der Waals surface area (Å²) in [5, 5.41) is 20.2. The Morgan fingerprint density at radius 3 is 2.45 bits per heavy atom. The van der Waals surface area contributed by atoms with Crippen molar-refractivity contribution in [3.8, 4) is 11.4 Å². The molecule has 0 saturated carbocycles. The minimum absolute atomic E-state index is 0.0445. The molecule has 1 atom stereocenters. The number of nitrogens with one attached hydrogen (secondary N) is 1. The fourth-order valence-corrected chi connectivity index (χ4v) is 3.94. The van der Waals surface area contributed by atoms with E-state index in [0.717, 1.165) is 6.07 Å². The number of oxime groups is 1. The summed E-state index contributed by atoms with van der Waals surface area (Å²) in [6.07, 6.45) is -3.35. The Morgan fingerprint density at radius 2 is 1.79 bits per heavy atom. The number of alkyl halides is 3. The van der Waals surface area contributed by atoms with Crippen LogP contribution in [0, 0.1) is 6.92 Å². The minimum atomic E-state index is -4.95. The van der Waals surface area contributed by atoms with Gasteiger partial charge in [-0.2, -0.15) is 18.3 Å². The Hall–Kier alpha value is -4.51. The zero-order valence-corrected chi connectivity index (χ0v) is 20.3. The molecule has 0 bridgehead atoms. The van der Waals surface area contributed by atoms with Gasteiger partial charge in [0.25, 0.3) is 11.8 Å². The Labute approximate surface area is 218 Å². The number of hydrogen-bond donors (Lipinski definition) is 2. The van der Waals surface area contributed by atoms with Crippen LogP contribution in [0.3, 0.4) is 0 Å². The molecular weight excluding hydrogens is 525 g/mol. The van der Waals surface area contributed by atoms with Crippen LogP contribution < -0.4 is 5.32 Å². The summed E-state index contributed by atoms with van der Waals surface area (Å²) in [5.74, 6) is -3.82. The number of amides is 1. The van der Waals surface area contributed by atoms with Gasteiger partial charge in [0.1, 0.15) is 5.75 Å². The van der Waals surface area contributed by atoms with E-state index in [0.29, 0.717) is 22.6 Å². The van der Waals surface area contributed by atoms with Crippen LogP contribution in [-0.2, 0) is 15.4 Å². The number of rotatable bonds is 5. The van der Waals surface area contributed by atoms with Crippen molar-refractivity contribution in [3.05, 3.63) is 106 Å². The summed E-state index contributed by atoms with van der Waals surface area (Å²) < 4.78 is 48.9. The summed E-state index contributed by atoms with van der Waals surface area (Å²) in [4.78, 5) is 17.3. The maximum atomic E-state index is 14.0. The van der Waals surface area contributed by atoms with Crippen LogP contribution >= 0.6 is 11.6 Å². The first-order valence-corrected chi connectivity index (χ1v) is 11.5. The number of carbonyl (C=O) groups excluding carboxylic acids is 1. The third kappa shape index (κ3) is 4.63. The Bertz CT molecular complexity index is 1540. The van der Waals surface area contributed by atoms with Gasteiger partial charge in [0, 0.05) is 21.7 Å². The summed E-state index contributed by atoms with van der Waals surface area (Å²) >= 11 is 5.89. The highest BCUT2D eigenvalue weighted by molar-refractivity contribution is 6.30. The second kappa shape index (κ2) is 9.42. The number of aromatic hydroxyl groups is 1. The second-order valence-electron chi connectivity index (χ2n) is 8.34. The van der Waals surface area contributed by atoms with Crippen LogP contribution in [0.25, 0.3) is 5.69 Å². The maximum Gasteiger partial charge on any atom is 0.475 e. The van der Waals surface area contributed by atoms with E-state index >= 15 is 0 Å². The van der Waals surface area contributed by atoms with E-state index in [2.05, 4.69) is 15.6 Å². The van der Waals surface area contributed by atoms with Gasteiger partial charge in [0.05, 0.1) is 23.3 Å². The standard InChI is InChI=1S/C26H18ClF3N4O4/c1-15-22(31-23(36)16-7-11-21(35)12-8-16)14-34(32-15)20-9-5-17(6-10-20)24-33-38-25(37-24,26(28,29)30)18-3-2-4-19(27)13-18/h2-14,35H,1H3,(H,31,36). The number of phenolic OH excluding ortho intramolecular Hbond substituents is 1. The molecule has 38 heavy (non-hydrogen) atoms. The zero-order chi connectivity index (χ0) is 27.1. The van der Waals surface area contributed by atoms with E-state index in [-0.39, 0.29) is 33.7 Å². The van der Waals surface area contributed by atoms with Gasteiger partial charge >= 0.3 is 12.0 Å². The van der Waals surface area contributed by atoms with Gasteiger partial charge in [-0.3, -0.25) is 4.79 Å². The van der Waals surface area contributed by atoms with Crippen molar-refractivity contribution in [1.29, 1.82) is 0 Å². The monoisotopic (exact) mass is 542 g/mol. The fourth-order valence-electron chi connectivity index (χ4n) is 3.75. The third-order valence-electron chi connectivity index (χ3n) is 5.73. The molecule has 0 aliphatic carbocycles. The first-order chi connectivity index (χ1) is 18.1. The highest BCUT2D eigenvalue weighted by atomic mass is 35.5. The lowest BCUT2D eigenvalue weighted by atomic mass is 10.1. The Morgan fingerprint density at radius 1 is 1.08 bits per heavy atom. The molecule has 1 unspecified atom stereocenters. The number of aryl methyl sites for hydroxylation is 1. The molecule has 1 amide bonds. The molecule has 0 fully saturated rings. The predicted molar refractivity (Wildman–Crippen MR) is 132 cm³/mol. The lowest BCUT2D eigenvalue weighted by Crippen LogP contribution is -2.44. The first-order valence-electron chi connectivity index (χ1n) is 11.1. The lowest BCUT2D eigenvalue weighted by molar-refractivity contribution is -0.352. The fraction of sp³-hybridized carbons (Fsp3) is 0.115. The number of nitrogens with zero attached hydrogens (tertiary/aromatic N) is 3. The molecule has 2 N–H and O–H groups in total. The minimum Gasteiger partial charge on any atom is -0.508 e. The number of ether oxygens (including phenoxy) is 1. The third-order valence-corrected chi connectivity index (χ3v) is 5.97. The average Bonchev–Trinajstić information content (AvgIpc) is 3.50. The van der Waals surface area contributed by atoms with Crippen LogP contribution in [0.5, 0.6) is 5.75 Å². The van der Waals surface area contributed by atoms with Crippen LogP contribution in [0.2, 0.25) is 5.02 Å². The molecule has 0 saturated heterocycles. The number of carbonyl (C=O) groups is 1. The van der Waals surface area contributed by atoms with Crippen LogP contribution in [0.1, 0.15) is 27.2 Å². The topological polar surface area (TPSA) is 98.0 Å². The van der Waals surface area contributed by atoms with E-state index in [1.807, 2.05) is 0 Å². The van der Waals surface area contributed by atoms with Gasteiger partial charge in [-0.25, -0.2) is 4.68 Å². The molecule has 0 radical (unpaired) electrons. The molecule has 12 heteroatoms. The summed E-state index contributed by atoms with van der Waals surface area (Å²) in [7, 11) is 0. The van der Waals surface area contributed by atoms with Gasteiger partial charge < -0.3 is 20.0 Å². The summed E-state index contributed by atoms with van der Waals surface area (Å²) in [6, 6.07) is 17.1. The van der Waals surface area contributed by atoms with Crippen molar-refractivity contribution in [2.75, 3.05) is 5.32 Å². The van der Waals surface area contributed by atoms with Crippen LogP contribution in [-0.4, -0.2) is 32.9 Å². The SMILES string of the molecule is Cc1nn(-c2ccc(C3=NOC(c4cccc(Cl)c4)(C(F)(F)F)O3)cc2)cc1NC(=O)c1ccc(O)cc1. The van der Waals surface area contributed by atoms with Gasteiger partial charge in [-0.05, 0) is 72.7 Å². The van der Waals surface area contributed by atoms with Crippen LogP contribution in [0.15, 0.2) is 84.1 Å². The van der Waals surface area contributed by atoms with Gasteiger partial charge in [-0.15, -0.1) is 0 Å². The molecule has 1 aliphatic heterocycles. The molecule has 3 aromatic carbocycles. The molecule has 4 aromatic rings. The van der Waals surface area contributed by atoms with Crippen molar-refractivity contribution in [3.63, 3.8) is 0 Å². The van der Waals surface area contributed by atoms with E-state index in [1.165, 1.54) is 59.3 Å². The molecule has 1 aromatic heterocycles. The summed E-state index contributed by atoms with van der Waals surface area (Å²) in [5.41, 5.74) is 1.81. The molecule has 194 valence electrons. The molecule has 0 spiro atoms. The largest absolute Gasteiger partial charge is 0.508 e. The van der Waals surface area contributed by atoms with Gasteiger partial charge in [0.2, 0.25) is 0 Å². The van der Waals surface area contributed by atoms with Crippen molar-refractivity contribution in [2.24, 2.45) is 5.16 Å². The predicted octanol–water partition coefficient (Wildman–Crippen LogP) is 5.92. The average molecular weight is 543 g/mol. The molecule has 5 rings (SSSR count). The van der Waals surface area contributed by atoms with Gasteiger partial charge in [-0.1, -0.05) is 23.7 Å². The highest BCUT2D eigenvalue weighted by Crippen LogP contribution is 2.47. The number of anilines is 1. The second-order valence-corrected chi connectivity index (χ2v) is 8.77. The highest BCUT2D eigenvalue weighted by Gasteiger charge is 2.65. The van der Waals surface area contributed by atoms with Crippen molar-refractivity contribution < 1.29 is 32.6 Å². The normalized spacial score (nSPS) is 16.9. The van der Waals surface area contributed by atoms with E-state index in [1.54, 1.807) is 25.3 Å². The van der Waals surface area contributed by atoms with Crippen molar-refractivity contribution in [2.45, 2.75) is 18.9 Å². The number of benzene rings is 3. The quantitative estimate of drug-likeness (QED) is 0.326. The molecular formula is C26H18ClF3N4O4. The van der Waals surface area contributed by atoms with Crippen molar-refractivity contribution >= 4 is 29.1 Å². The van der Waals surface area contributed by atoms with E-state index in [4.69, 9.17) is 21.2 Å². The smallest absolute Gasteiger partial charge is 0.475 e. The number of phenols is 1. The number of hydrogen-bond acceptors (Lipinski definition) is 6. The Kier molecular flexibility index (Phi) is 6.23. The zero-order valence-electron chi connectivity index (χ0n) is 19.5. The maximum absolute atomic E-state index is 14.0. The van der Waals surface area contributed by atoms with Crippen molar-refractivity contribution in [1.82, 2.24) is 9.78 Å². The van der Waals surface area contributed by atoms with Gasteiger partial charge in [0.15, 0.2) is 0 Å². The van der Waals surface area contributed by atoms with Crippen LogP contribution in [0.4, 0.5) is 18.9 Å². The number of halogens is 4. The molecule has 8 nitrogen and oxygen atoms in total.